The third-order valence-electron chi connectivity index (χ3n) is 9.75. The lowest BCUT2D eigenvalue weighted by Crippen LogP contribution is -2.46. The average Bonchev–Trinajstić information content (AvgIpc) is 3.10. The molecule has 2 saturated heterocycles. The van der Waals surface area contributed by atoms with Crippen molar-refractivity contribution in [2.45, 2.75) is 55.5 Å². The van der Waals surface area contributed by atoms with Crippen LogP contribution in [0.2, 0.25) is 10.0 Å². The van der Waals surface area contributed by atoms with Crippen molar-refractivity contribution in [2.24, 2.45) is 0 Å². The Bertz CT molecular complexity index is 1870. The second-order valence-corrected chi connectivity index (χ2v) is 15.2. The molecule has 7 nitrogen and oxygen atoms in total. The zero-order valence-corrected chi connectivity index (χ0v) is 28.4. The number of nitrogens with zero attached hydrogens (tertiary/aromatic N) is 3. The minimum absolute atomic E-state index is 0.00189. The lowest BCUT2D eigenvalue weighted by atomic mass is 9.88. The average molecular weight is 690 g/mol. The molecular formula is C37H38Cl2N4O3S. The maximum absolute atomic E-state index is 14.4. The Kier molecular flexibility index (Phi) is 9.20. The van der Waals surface area contributed by atoms with Gasteiger partial charge in [-0.15, -0.1) is 0 Å². The standard InChI is InChI=1S/C37H38Cl2N4O3S/c38-33-17-16-29(24-34(33)39)47(45,46)43-35-11-5-4-9-31(35)30-8-2-3-10-32(30)36(43)25-37(44)40-26-12-14-27(15-13-26)42-22-18-28(19-23-42)41-20-6-1-7-21-41/h2-5,8-17,24,28,36H,1,6-7,18-23,25H2,(H,40,44). The summed E-state index contributed by atoms with van der Waals surface area (Å²) in [6.07, 6.45) is 6.25. The zero-order valence-electron chi connectivity index (χ0n) is 26.1. The fourth-order valence-electron chi connectivity index (χ4n) is 7.38. The van der Waals surface area contributed by atoms with Gasteiger partial charge in [-0.1, -0.05) is 72.1 Å². The van der Waals surface area contributed by atoms with Crippen molar-refractivity contribution in [2.75, 3.05) is 40.7 Å². The zero-order chi connectivity index (χ0) is 32.5. The molecule has 3 aliphatic heterocycles. The minimum Gasteiger partial charge on any atom is -0.371 e. The predicted octanol–water partition coefficient (Wildman–Crippen LogP) is 8.39. The number of rotatable bonds is 7. The number of likely N-dealkylation sites (tertiary alicyclic amines) is 1. The molecule has 3 aliphatic rings. The summed E-state index contributed by atoms with van der Waals surface area (Å²) in [6.45, 7) is 4.52. The molecule has 0 aliphatic carbocycles. The van der Waals surface area contributed by atoms with Crippen LogP contribution >= 0.6 is 23.2 Å². The Morgan fingerprint density at radius 3 is 2.17 bits per heavy atom. The van der Waals surface area contributed by atoms with Crippen LogP contribution in [0.15, 0.2) is 95.9 Å². The lowest BCUT2D eigenvalue weighted by molar-refractivity contribution is -0.116. The molecule has 3 heterocycles. The Morgan fingerprint density at radius 1 is 0.766 bits per heavy atom. The molecule has 0 bridgehead atoms. The van der Waals surface area contributed by atoms with Crippen LogP contribution in [0.4, 0.5) is 17.1 Å². The third-order valence-corrected chi connectivity index (χ3v) is 12.3. The monoisotopic (exact) mass is 688 g/mol. The number of halogens is 2. The quantitative estimate of drug-likeness (QED) is 0.211. The molecule has 7 rings (SSSR count). The molecular weight excluding hydrogens is 651 g/mol. The van der Waals surface area contributed by atoms with Gasteiger partial charge in [-0.25, -0.2) is 8.42 Å². The van der Waals surface area contributed by atoms with E-state index in [-0.39, 0.29) is 27.3 Å². The number of carbonyl (C=O) groups is 1. The normalized spacial score (nSPS) is 18.8. The number of nitrogens with one attached hydrogen (secondary N) is 1. The Labute approximate surface area is 287 Å². The van der Waals surface area contributed by atoms with Crippen LogP contribution < -0.4 is 14.5 Å². The molecule has 2 fully saturated rings. The van der Waals surface area contributed by atoms with E-state index in [0.29, 0.717) is 17.4 Å². The second kappa shape index (κ2) is 13.5. The molecule has 47 heavy (non-hydrogen) atoms. The van der Waals surface area contributed by atoms with E-state index >= 15 is 0 Å². The van der Waals surface area contributed by atoms with Gasteiger partial charge in [0.15, 0.2) is 0 Å². The molecule has 4 aromatic carbocycles. The summed E-state index contributed by atoms with van der Waals surface area (Å²) in [7, 11) is -4.15. The van der Waals surface area contributed by atoms with Crippen LogP contribution in [0.25, 0.3) is 11.1 Å². The topological polar surface area (TPSA) is 73.0 Å². The van der Waals surface area contributed by atoms with Crippen molar-refractivity contribution in [1.29, 1.82) is 0 Å². The highest BCUT2D eigenvalue weighted by Crippen LogP contribution is 2.48. The number of hydrogen-bond acceptors (Lipinski definition) is 5. The van der Waals surface area contributed by atoms with Crippen molar-refractivity contribution in [3.8, 4) is 11.1 Å². The maximum atomic E-state index is 14.4. The fraction of sp³-hybridized carbons (Fsp3) is 0.324. The highest BCUT2D eigenvalue weighted by atomic mass is 35.5. The van der Waals surface area contributed by atoms with Crippen molar-refractivity contribution >= 4 is 56.2 Å². The molecule has 0 aromatic heterocycles. The molecule has 1 atom stereocenters. The molecule has 1 N–H and O–H groups in total. The van der Waals surface area contributed by atoms with Crippen molar-refractivity contribution in [3.05, 3.63) is 107 Å². The van der Waals surface area contributed by atoms with E-state index in [1.807, 2.05) is 48.5 Å². The number of hydrogen-bond donors (Lipinski definition) is 1. The van der Waals surface area contributed by atoms with Gasteiger partial charge in [0.2, 0.25) is 5.91 Å². The summed E-state index contributed by atoms with van der Waals surface area (Å²) in [5, 5.41) is 3.43. The van der Waals surface area contributed by atoms with Gasteiger partial charge in [0.25, 0.3) is 10.0 Å². The SMILES string of the molecule is O=C(CC1c2ccccc2-c2ccccc2N1S(=O)(=O)c1ccc(Cl)c(Cl)c1)Nc1ccc(N2CCC(N3CCCCC3)CC2)cc1. The van der Waals surface area contributed by atoms with Gasteiger partial charge >= 0.3 is 0 Å². The molecule has 1 unspecified atom stereocenters. The van der Waals surface area contributed by atoms with Crippen LogP contribution in [0, 0.1) is 0 Å². The first kappa shape index (κ1) is 32.0. The Morgan fingerprint density at radius 2 is 1.45 bits per heavy atom. The first-order valence-corrected chi connectivity index (χ1v) is 18.6. The summed E-state index contributed by atoms with van der Waals surface area (Å²) >= 11 is 12.4. The summed E-state index contributed by atoms with van der Waals surface area (Å²) in [5.74, 6) is -0.284. The molecule has 0 saturated carbocycles. The number of piperidine rings is 2. The Balaban J connectivity index is 1.11. The molecule has 244 valence electrons. The smallest absolute Gasteiger partial charge is 0.264 e. The molecule has 0 spiro atoms. The van der Waals surface area contributed by atoms with Gasteiger partial charge < -0.3 is 15.1 Å². The van der Waals surface area contributed by atoms with Crippen molar-refractivity contribution < 1.29 is 13.2 Å². The van der Waals surface area contributed by atoms with E-state index in [1.165, 1.54) is 67.7 Å². The summed E-state index contributed by atoms with van der Waals surface area (Å²) in [4.78, 5) is 18.8. The van der Waals surface area contributed by atoms with Gasteiger partial charge in [-0.2, -0.15) is 0 Å². The minimum atomic E-state index is -4.15. The highest BCUT2D eigenvalue weighted by molar-refractivity contribution is 7.92. The van der Waals surface area contributed by atoms with E-state index in [9.17, 15) is 13.2 Å². The largest absolute Gasteiger partial charge is 0.371 e. The molecule has 10 heteroatoms. The third kappa shape index (κ3) is 6.49. The van der Waals surface area contributed by atoms with Crippen LogP contribution in [0.5, 0.6) is 0 Å². The second-order valence-electron chi connectivity index (χ2n) is 12.6. The lowest BCUT2D eigenvalue weighted by Gasteiger charge is -2.41. The summed E-state index contributed by atoms with van der Waals surface area (Å²) < 4.78 is 30.1. The van der Waals surface area contributed by atoms with Gasteiger partial charge in [0.05, 0.1) is 33.1 Å². The fourth-order valence-corrected chi connectivity index (χ4v) is 9.42. The van der Waals surface area contributed by atoms with Crippen molar-refractivity contribution in [1.82, 2.24) is 4.90 Å². The number of anilines is 3. The number of amides is 1. The highest BCUT2D eigenvalue weighted by Gasteiger charge is 2.40. The van der Waals surface area contributed by atoms with E-state index in [1.54, 1.807) is 12.1 Å². The van der Waals surface area contributed by atoms with Crippen LogP contribution in [0.3, 0.4) is 0 Å². The van der Waals surface area contributed by atoms with E-state index < -0.39 is 16.1 Å². The number of carbonyl (C=O) groups excluding carboxylic acids is 1. The van der Waals surface area contributed by atoms with E-state index in [0.717, 1.165) is 35.5 Å². The summed E-state index contributed by atoms with van der Waals surface area (Å²) in [6, 6.07) is 27.2. The van der Waals surface area contributed by atoms with Crippen LogP contribution in [-0.4, -0.2) is 51.4 Å². The number of benzene rings is 4. The molecule has 1 amide bonds. The molecule has 0 radical (unpaired) electrons. The van der Waals surface area contributed by atoms with E-state index in [2.05, 4.69) is 27.2 Å². The van der Waals surface area contributed by atoms with Crippen LogP contribution in [-0.2, 0) is 14.8 Å². The van der Waals surface area contributed by atoms with E-state index in [4.69, 9.17) is 23.2 Å². The van der Waals surface area contributed by atoms with Gasteiger partial charge in [0, 0.05) is 36.1 Å². The molecule has 4 aromatic rings. The summed E-state index contributed by atoms with van der Waals surface area (Å²) in [5.41, 5.74) is 4.76. The van der Waals surface area contributed by atoms with Crippen LogP contribution in [0.1, 0.15) is 50.1 Å². The van der Waals surface area contributed by atoms with Gasteiger partial charge in [-0.3, -0.25) is 9.10 Å². The maximum Gasteiger partial charge on any atom is 0.264 e. The van der Waals surface area contributed by atoms with Crippen molar-refractivity contribution in [3.63, 3.8) is 0 Å². The number of para-hydroxylation sites is 1. The number of fused-ring (bicyclic) bond motifs is 3. The van der Waals surface area contributed by atoms with Gasteiger partial charge in [-0.05, 0) is 98.4 Å². The Hall–Kier alpha value is -3.56. The predicted molar refractivity (Wildman–Crippen MR) is 191 cm³/mol. The van der Waals surface area contributed by atoms with Gasteiger partial charge in [0.1, 0.15) is 0 Å². The first-order valence-electron chi connectivity index (χ1n) is 16.4. The first-order chi connectivity index (χ1) is 22.8. The number of sulfonamides is 1.